The van der Waals surface area contributed by atoms with Crippen LogP contribution in [0.3, 0.4) is 0 Å². The molecule has 0 heterocycles. The second-order valence-electron chi connectivity index (χ2n) is 3.61. The van der Waals surface area contributed by atoms with Crippen molar-refractivity contribution in [2.75, 3.05) is 13.6 Å². The first kappa shape index (κ1) is 14.2. The Morgan fingerprint density at radius 3 is 2.65 bits per heavy atom. The van der Waals surface area contributed by atoms with Crippen LogP contribution in [0, 0.1) is 5.82 Å². The zero-order valence-electron chi connectivity index (χ0n) is 9.48. The summed E-state index contributed by atoms with van der Waals surface area (Å²) in [5, 5.41) is 5.70. The lowest BCUT2D eigenvalue weighted by molar-refractivity contribution is -0.120. The molecule has 0 aromatic heterocycles. The van der Waals surface area contributed by atoms with Crippen LogP contribution in [0.1, 0.15) is 18.5 Å². The van der Waals surface area contributed by atoms with E-state index in [1.807, 2.05) is 0 Å². The van der Waals surface area contributed by atoms with Gasteiger partial charge in [-0.15, -0.1) is 0 Å². The first-order valence-electron chi connectivity index (χ1n) is 5.04. The van der Waals surface area contributed by atoms with Gasteiger partial charge in [-0.2, -0.15) is 0 Å². The maximum atomic E-state index is 13.3. The van der Waals surface area contributed by atoms with Crippen LogP contribution >= 0.6 is 23.2 Å². The molecule has 0 fully saturated rings. The Balaban J connectivity index is 2.85. The summed E-state index contributed by atoms with van der Waals surface area (Å²) in [5.41, 5.74) is 0.498. The van der Waals surface area contributed by atoms with Crippen molar-refractivity contribution in [2.45, 2.75) is 13.0 Å². The Labute approximate surface area is 109 Å². The van der Waals surface area contributed by atoms with E-state index in [0.29, 0.717) is 10.6 Å². The number of rotatable bonds is 4. The molecule has 0 saturated carbocycles. The fourth-order valence-electron chi connectivity index (χ4n) is 1.40. The van der Waals surface area contributed by atoms with Gasteiger partial charge in [0.1, 0.15) is 5.82 Å². The van der Waals surface area contributed by atoms with E-state index < -0.39 is 5.82 Å². The maximum absolute atomic E-state index is 13.3. The minimum Gasteiger partial charge on any atom is -0.348 e. The van der Waals surface area contributed by atoms with Gasteiger partial charge in [-0.3, -0.25) is 4.79 Å². The number of nitrogens with one attached hydrogen (secondary N) is 2. The zero-order valence-corrected chi connectivity index (χ0v) is 11.0. The van der Waals surface area contributed by atoms with E-state index in [2.05, 4.69) is 10.6 Å². The molecule has 0 spiro atoms. The lowest BCUT2D eigenvalue weighted by Gasteiger charge is -2.16. The van der Waals surface area contributed by atoms with Crippen molar-refractivity contribution < 1.29 is 9.18 Å². The zero-order chi connectivity index (χ0) is 13.0. The van der Waals surface area contributed by atoms with E-state index in [4.69, 9.17) is 23.2 Å². The van der Waals surface area contributed by atoms with E-state index in [1.165, 1.54) is 12.1 Å². The lowest BCUT2D eigenvalue weighted by atomic mass is 10.1. The number of carbonyl (C=O) groups excluding carboxylic acids is 1. The standard InChI is InChI=1S/C11H13Cl2FN2O/c1-6(16-11(17)5-15-2)7-3-10(14)9(13)4-8(7)12/h3-4,6,15H,5H2,1-2H3,(H,16,17). The molecule has 17 heavy (non-hydrogen) atoms. The van der Waals surface area contributed by atoms with E-state index in [9.17, 15) is 9.18 Å². The summed E-state index contributed by atoms with van der Waals surface area (Å²) in [4.78, 5) is 11.4. The predicted molar refractivity (Wildman–Crippen MR) is 66.9 cm³/mol. The van der Waals surface area contributed by atoms with Gasteiger partial charge in [-0.25, -0.2) is 4.39 Å². The molecule has 0 radical (unpaired) electrons. The molecule has 0 saturated heterocycles. The van der Waals surface area contributed by atoms with Crippen LogP contribution in [0.5, 0.6) is 0 Å². The number of hydrogen-bond acceptors (Lipinski definition) is 2. The van der Waals surface area contributed by atoms with E-state index in [1.54, 1.807) is 14.0 Å². The Kier molecular flexibility index (Phi) is 5.18. The topological polar surface area (TPSA) is 41.1 Å². The van der Waals surface area contributed by atoms with Gasteiger partial charge in [-0.05, 0) is 31.7 Å². The van der Waals surface area contributed by atoms with Gasteiger partial charge in [0, 0.05) is 5.02 Å². The van der Waals surface area contributed by atoms with Gasteiger partial charge < -0.3 is 10.6 Å². The van der Waals surface area contributed by atoms with Gasteiger partial charge in [0.2, 0.25) is 5.91 Å². The molecule has 1 atom stereocenters. The summed E-state index contributed by atoms with van der Waals surface area (Å²) in [6, 6.07) is 2.18. The van der Waals surface area contributed by atoms with Crippen molar-refractivity contribution in [1.82, 2.24) is 10.6 Å². The molecule has 1 aromatic carbocycles. The smallest absolute Gasteiger partial charge is 0.234 e. The summed E-state index contributed by atoms with van der Waals surface area (Å²) in [7, 11) is 1.67. The molecule has 6 heteroatoms. The normalized spacial score (nSPS) is 12.3. The quantitative estimate of drug-likeness (QED) is 0.831. The average molecular weight is 279 g/mol. The molecule has 1 rings (SSSR count). The number of benzene rings is 1. The van der Waals surface area contributed by atoms with Crippen LogP contribution in [-0.4, -0.2) is 19.5 Å². The minimum atomic E-state index is -0.555. The molecule has 0 aliphatic carbocycles. The molecule has 0 aliphatic heterocycles. The van der Waals surface area contributed by atoms with Crippen LogP contribution in [-0.2, 0) is 4.79 Å². The molecule has 3 nitrogen and oxygen atoms in total. The fourth-order valence-corrected chi connectivity index (χ4v) is 1.95. The summed E-state index contributed by atoms with van der Waals surface area (Å²) < 4.78 is 13.3. The first-order valence-corrected chi connectivity index (χ1v) is 5.79. The molecular weight excluding hydrogens is 266 g/mol. The highest BCUT2D eigenvalue weighted by atomic mass is 35.5. The summed E-state index contributed by atoms with van der Waals surface area (Å²) >= 11 is 11.5. The number of carbonyl (C=O) groups is 1. The van der Waals surface area contributed by atoms with E-state index in [-0.39, 0.29) is 23.5 Å². The van der Waals surface area contributed by atoms with E-state index >= 15 is 0 Å². The summed E-state index contributed by atoms with van der Waals surface area (Å²) in [5.74, 6) is -0.743. The highest BCUT2D eigenvalue weighted by molar-refractivity contribution is 6.35. The molecule has 1 aromatic rings. The number of halogens is 3. The maximum Gasteiger partial charge on any atom is 0.234 e. The number of amides is 1. The summed E-state index contributed by atoms with van der Waals surface area (Å²) in [6.07, 6.45) is 0. The Morgan fingerprint density at radius 1 is 1.41 bits per heavy atom. The van der Waals surface area contributed by atoms with Gasteiger partial charge in [0.05, 0.1) is 17.6 Å². The monoisotopic (exact) mass is 278 g/mol. The largest absolute Gasteiger partial charge is 0.348 e. The Bertz CT molecular complexity index is 426. The summed E-state index contributed by atoms with van der Waals surface area (Å²) in [6.45, 7) is 1.92. The van der Waals surface area contributed by atoms with Crippen LogP contribution in [0.4, 0.5) is 4.39 Å². The van der Waals surface area contributed by atoms with Crippen molar-refractivity contribution in [3.8, 4) is 0 Å². The van der Waals surface area contributed by atoms with Crippen molar-refractivity contribution >= 4 is 29.1 Å². The second kappa shape index (κ2) is 6.19. The fraction of sp³-hybridized carbons (Fsp3) is 0.364. The highest BCUT2D eigenvalue weighted by Gasteiger charge is 2.15. The molecule has 0 aliphatic rings. The van der Waals surface area contributed by atoms with Crippen molar-refractivity contribution in [1.29, 1.82) is 0 Å². The second-order valence-corrected chi connectivity index (χ2v) is 4.42. The molecular formula is C11H13Cl2FN2O. The van der Waals surface area contributed by atoms with Crippen LogP contribution in [0.2, 0.25) is 10.0 Å². The molecule has 1 unspecified atom stereocenters. The Hall–Kier alpha value is -0.840. The number of hydrogen-bond donors (Lipinski definition) is 2. The molecule has 2 N–H and O–H groups in total. The molecule has 94 valence electrons. The minimum absolute atomic E-state index is 0.0347. The lowest BCUT2D eigenvalue weighted by Crippen LogP contribution is -2.34. The van der Waals surface area contributed by atoms with E-state index in [0.717, 1.165) is 0 Å². The third-order valence-corrected chi connectivity index (χ3v) is 2.84. The third kappa shape index (κ3) is 3.84. The van der Waals surface area contributed by atoms with Crippen molar-refractivity contribution in [2.24, 2.45) is 0 Å². The predicted octanol–water partition coefficient (Wildman–Crippen LogP) is 2.53. The van der Waals surface area contributed by atoms with Gasteiger partial charge >= 0.3 is 0 Å². The highest BCUT2D eigenvalue weighted by Crippen LogP contribution is 2.28. The third-order valence-electron chi connectivity index (χ3n) is 2.22. The van der Waals surface area contributed by atoms with Crippen LogP contribution in [0.25, 0.3) is 0 Å². The first-order chi connectivity index (χ1) is 7.95. The van der Waals surface area contributed by atoms with Gasteiger partial charge in [-0.1, -0.05) is 23.2 Å². The van der Waals surface area contributed by atoms with Gasteiger partial charge in [0.25, 0.3) is 0 Å². The van der Waals surface area contributed by atoms with Crippen LogP contribution < -0.4 is 10.6 Å². The Morgan fingerprint density at radius 2 is 2.06 bits per heavy atom. The number of likely N-dealkylation sites (N-methyl/N-ethyl adjacent to an activating group) is 1. The van der Waals surface area contributed by atoms with Crippen molar-refractivity contribution in [3.63, 3.8) is 0 Å². The average Bonchev–Trinajstić information content (AvgIpc) is 2.23. The van der Waals surface area contributed by atoms with Gasteiger partial charge in [0.15, 0.2) is 0 Å². The SMILES string of the molecule is CNCC(=O)NC(C)c1cc(F)c(Cl)cc1Cl. The molecule has 0 bridgehead atoms. The van der Waals surface area contributed by atoms with Crippen molar-refractivity contribution in [3.05, 3.63) is 33.6 Å². The van der Waals surface area contributed by atoms with Crippen LogP contribution in [0.15, 0.2) is 12.1 Å². The molecule has 1 amide bonds.